The van der Waals surface area contributed by atoms with Gasteiger partial charge in [0.05, 0.1) is 5.69 Å². The molecule has 1 aliphatic heterocycles. The third kappa shape index (κ3) is 2.88. The Balaban J connectivity index is 1.80. The van der Waals surface area contributed by atoms with Crippen molar-refractivity contribution >= 4 is 11.8 Å². The Morgan fingerprint density at radius 3 is 2.85 bits per heavy atom. The van der Waals surface area contributed by atoms with Crippen LogP contribution in [0.25, 0.3) is 11.3 Å². The summed E-state index contributed by atoms with van der Waals surface area (Å²) >= 11 is 1.98. The number of likely N-dealkylation sites (tertiary alicyclic amines) is 1. The molecule has 1 unspecified atom stereocenters. The van der Waals surface area contributed by atoms with Crippen LogP contribution in [0.2, 0.25) is 0 Å². The minimum absolute atomic E-state index is 0.788. The maximum atomic E-state index is 4.62. The summed E-state index contributed by atoms with van der Waals surface area (Å²) in [6, 6.07) is 4.06. The SMILES string of the molecule is CSC1CCN(Cc2cn(C)nc2-c2ccncc2)C1. The van der Waals surface area contributed by atoms with E-state index in [1.807, 2.05) is 48.0 Å². The smallest absolute Gasteiger partial charge is 0.0969 e. The van der Waals surface area contributed by atoms with Crippen molar-refractivity contribution in [1.29, 1.82) is 0 Å². The molecule has 1 atom stereocenters. The molecule has 0 saturated carbocycles. The van der Waals surface area contributed by atoms with E-state index in [0.717, 1.165) is 23.1 Å². The largest absolute Gasteiger partial charge is 0.298 e. The number of aryl methyl sites for hydroxylation is 1. The Hall–Kier alpha value is -1.33. The molecule has 0 radical (unpaired) electrons. The molecule has 0 aliphatic carbocycles. The summed E-state index contributed by atoms with van der Waals surface area (Å²) in [4.78, 5) is 6.61. The molecule has 4 nitrogen and oxygen atoms in total. The average Bonchev–Trinajstić information content (AvgIpc) is 3.07. The fraction of sp³-hybridized carbons (Fsp3) is 0.467. The van der Waals surface area contributed by atoms with Crippen LogP contribution in [0, 0.1) is 0 Å². The second-order valence-electron chi connectivity index (χ2n) is 5.29. The van der Waals surface area contributed by atoms with Gasteiger partial charge in [-0.15, -0.1) is 0 Å². The predicted molar refractivity (Wildman–Crippen MR) is 83.6 cm³/mol. The van der Waals surface area contributed by atoms with Gasteiger partial charge in [0.2, 0.25) is 0 Å². The lowest BCUT2D eigenvalue weighted by Crippen LogP contribution is -2.20. The normalized spacial score (nSPS) is 19.6. The summed E-state index contributed by atoms with van der Waals surface area (Å²) in [6.07, 6.45) is 9.30. The first-order valence-electron chi connectivity index (χ1n) is 6.94. The number of hydrogen-bond acceptors (Lipinski definition) is 4. The van der Waals surface area contributed by atoms with Crippen molar-refractivity contribution in [3.05, 3.63) is 36.3 Å². The Bertz CT molecular complexity index is 567. The molecule has 0 spiro atoms. The van der Waals surface area contributed by atoms with E-state index in [4.69, 9.17) is 0 Å². The molecule has 2 aromatic rings. The molecule has 0 aromatic carbocycles. The van der Waals surface area contributed by atoms with Gasteiger partial charge in [-0.2, -0.15) is 16.9 Å². The van der Waals surface area contributed by atoms with Crippen LogP contribution in [0.15, 0.2) is 30.7 Å². The van der Waals surface area contributed by atoms with Crippen LogP contribution in [0.3, 0.4) is 0 Å². The molecule has 0 amide bonds. The summed E-state index contributed by atoms with van der Waals surface area (Å²) in [5, 5.41) is 5.41. The fourth-order valence-corrected chi connectivity index (χ4v) is 3.48. The van der Waals surface area contributed by atoms with Gasteiger partial charge in [0.1, 0.15) is 0 Å². The van der Waals surface area contributed by atoms with E-state index in [-0.39, 0.29) is 0 Å². The van der Waals surface area contributed by atoms with E-state index < -0.39 is 0 Å². The van der Waals surface area contributed by atoms with Crippen molar-refractivity contribution in [1.82, 2.24) is 19.7 Å². The van der Waals surface area contributed by atoms with E-state index in [1.165, 1.54) is 25.1 Å². The van der Waals surface area contributed by atoms with Crippen molar-refractivity contribution in [2.75, 3.05) is 19.3 Å². The lowest BCUT2D eigenvalue weighted by atomic mass is 10.1. The molecule has 3 rings (SSSR count). The van der Waals surface area contributed by atoms with Crippen LogP contribution >= 0.6 is 11.8 Å². The highest BCUT2D eigenvalue weighted by Gasteiger charge is 2.23. The van der Waals surface area contributed by atoms with Gasteiger partial charge in [0, 0.05) is 55.1 Å². The zero-order chi connectivity index (χ0) is 13.9. The topological polar surface area (TPSA) is 34.0 Å². The minimum Gasteiger partial charge on any atom is -0.298 e. The molecule has 20 heavy (non-hydrogen) atoms. The Labute approximate surface area is 124 Å². The molecular weight excluding hydrogens is 268 g/mol. The molecule has 5 heteroatoms. The lowest BCUT2D eigenvalue weighted by molar-refractivity contribution is 0.332. The first-order valence-corrected chi connectivity index (χ1v) is 8.23. The second-order valence-corrected chi connectivity index (χ2v) is 6.43. The van der Waals surface area contributed by atoms with Crippen molar-refractivity contribution in [2.45, 2.75) is 18.2 Å². The summed E-state index contributed by atoms with van der Waals surface area (Å²) in [5.41, 5.74) is 3.54. The van der Waals surface area contributed by atoms with Crippen LogP contribution in [0.5, 0.6) is 0 Å². The summed E-state index contributed by atoms with van der Waals surface area (Å²) in [6.45, 7) is 3.37. The van der Waals surface area contributed by atoms with Gasteiger partial charge in [-0.05, 0) is 31.4 Å². The van der Waals surface area contributed by atoms with Crippen LogP contribution in [-0.4, -0.2) is 44.3 Å². The number of aromatic nitrogens is 3. The molecule has 1 aliphatic rings. The van der Waals surface area contributed by atoms with Crippen molar-refractivity contribution in [3.8, 4) is 11.3 Å². The van der Waals surface area contributed by atoms with Gasteiger partial charge in [0.15, 0.2) is 0 Å². The second kappa shape index (κ2) is 5.97. The molecule has 0 N–H and O–H groups in total. The monoisotopic (exact) mass is 288 g/mol. The van der Waals surface area contributed by atoms with Gasteiger partial charge in [-0.25, -0.2) is 0 Å². The number of nitrogens with zero attached hydrogens (tertiary/aromatic N) is 4. The van der Waals surface area contributed by atoms with Gasteiger partial charge < -0.3 is 0 Å². The van der Waals surface area contributed by atoms with Crippen molar-refractivity contribution < 1.29 is 0 Å². The van der Waals surface area contributed by atoms with Crippen LogP contribution in [-0.2, 0) is 13.6 Å². The predicted octanol–water partition coefficient (Wildman–Crippen LogP) is 2.42. The molecule has 2 aromatic heterocycles. The lowest BCUT2D eigenvalue weighted by Gasteiger charge is -2.15. The number of rotatable bonds is 4. The highest BCUT2D eigenvalue weighted by molar-refractivity contribution is 7.99. The molecular formula is C15H20N4S. The number of pyridine rings is 1. The quantitative estimate of drug-likeness (QED) is 0.865. The molecule has 106 valence electrons. The minimum atomic E-state index is 0.788. The van der Waals surface area contributed by atoms with E-state index >= 15 is 0 Å². The van der Waals surface area contributed by atoms with Crippen molar-refractivity contribution in [2.24, 2.45) is 7.05 Å². The van der Waals surface area contributed by atoms with Crippen LogP contribution < -0.4 is 0 Å². The van der Waals surface area contributed by atoms with E-state index in [9.17, 15) is 0 Å². The van der Waals surface area contributed by atoms with Gasteiger partial charge in [-0.3, -0.25) is 14.6 Å². The molecule has 1 saturated heterocycles. The highest BCUT2D eigenvalue weighted by atomic mass is 32.2. The molecule has 0 bridgehead atoms. The van der Waals surface area contributed by atoms with Crippen LogP contribution in [0.4, 0.5) is 0 Å². The first-order chi connectivity index (χ1) is 9.76. The maximum Gasteiger partial charge on any atom is 0.0969 e. The van der Waals surface area contributed by atoms with E-state index in [2.05, 4.69) is 27.4 Å². The zero-order valence-electron chi connectivity index (χ0n) is 12.0. The maximum absolute atomic E-state index is 4.62. The zero-order valence-corrected chi connectivity index (χ0v) is 12.8. The summed E-state index contributed by atoms with van der Waals surface area (Å²) in [5.74, 6) is 0. The Morgan fingerprint density at radius 1 is 1.35 bits per heavy atom. The summed E-state index contributed by atoms with van der Waals surface area (Å²) < 4.78 is 1.91. The van der Waals surface area contributed by atoms with E-state index in [1.54, 1.807) is 0 Å². The van der Waals surface area contributed by atoms with Crippen molar-refractivity contribution in [3.63, 3.8) is 0 Å². The van der Waals surface area contributed by atoms with E-state index in [0.29, 0.717) is 0 Å². The standard InChI is InChI=1S/C15H20N4S/c1-18-9-13(10-19-8-5-14(11-19)20-2)15(17-18)12-3-6-16-7-4-12/h3-4,6-7,9,14H,5,8,10-11H2,1-2H3. The third-order valence-electron chi connectivity index (χ3n) is 3.81. The van der Waals surface area contributed by atoms with Gasteiger partial charge in [-0.1, -0.05) is 0 Å². The van der Waals surface area contributed by atoms with Gasteiger partial charge in [0.25, 0.3) is 0 Å². The third-order valence-corrected chi connectivity index (χ3v) is 4.87. The summed E-state index contributed by atoms with van der Waals surface area (Å²) in [7, 11) is 1.99. The number of hydrogen-bond donors (Lipinski definition) is 0. The Kier molecular flexibility index (Phi) is 4.08. The number of thioether (sulfide) groups is 1. The van der Waals surface area contributed by atoms with Crippen LogP contribution in [0.1, 0.15) is 12.0 Å². The highest BCUT2D eigenvalue weighted by Crippen LogP contribution is 2.26. The molecule has 1 fully saturated rings. The van der Waals surface area contributed by atoms with Gasteiger partial charge >= 0.3 is 0 Å². The Morgan fingerprint density at radius 2 is 2.15 bits per heavy atom. The average molecular weight is 288 g/mol. The molecule has 3 heterocycles. The first kappa shape index (κ1) is 13.6. The fourth-order valence-electron chi connectivity index (χ4n) is 2.78.